The maximum Gasteiger partial charge on any atom is 0.335 e. The van der Waals surface area contributed by atoms with Gasteiger partial charge in [0.05, 0.1) is 39.4 Å². The number of fused-ring (bicyclic) bond motifs is 8. The number of hydrogen-bond donors (Lipinski definition) is 4. The Bertz CT molecular complexity index is 2480. The molecule has 238 valence electrons. The molecule has 0 fully saturated rings. The van der Waals surface area contributed by atoms with Gasteiger partial charge in [0, 0.05) is 50.3 Å². The van der Waals surface area contributed by atoms with Crippen LogP contribution in [0.5, 0.6) is 0 Å². The van der Waals surface area contributed by atoms with Gasteiger partial charge in [0.15, 0.2) is 0 Å². The fourth-order valence-electron chi connectivity index (χ4n) is 6.24. The van der Waals surface area contributed by atoms with Crippen LogP contribution in [0.2, 0.25) is 0 Å². The van der Waals surface area contributed by atoms with Crippen LogP contribution in [0.1, 0.15) is 43.5 Å². The molecule has 0 atom stereocenters. The fraction of sp³-hybridized carbons (Fsp3) is 0. The maximum absolute atomic E-state index is 12.1. The van der Waals surface area contributed by atoms with Gasteiger partial charge in [0.1, 0.15) is 0 Å². The van der Waals surface area contributed by atoms with E-state index in [-0.39, 0.29) is 28.2 Å². The number of carboxylic acid groups (broad SMARTS) is 2. The van der Waals surface area contributed by atoms with Gasteiger partial charge in [-0.25, -0.2) is 19.6 Å². The van der Waals surface area contributed by atoms with E-state index in [0.29, 0.717) is 33.5 Å². The minimum Gasteiger partial charge on any atom is -0.478 e. The van der Waals surface area contributed by atoms with E-state index in [1.807, 2.05) is 97.1 Å². The average molecular weight is 683 g/mol. The van der Waals surface area contributed by atoms with Crippen LogP contribution in [0.15, 0.2) is 109 Å². The molecule has 3 aromatic carbocycles. The maximum atomic E-state index is 12.1. The number of aromatic nitrogens is 4. The molecular weight excluding hydrogens is 656 g/mol. The van der Waals surface area contributed by atoms with E-state index in [9.17, 15) is 19.8 Å². The molecular formula is C40H26FeN4O4. The Hall–Kier alpha value is -6.28. The van der Waals surface area contributed by atoms with E-state index in [2.05, 4.69) is 28.2 Å². The van der Waals surface area contributed by atoms with Crippen LogP contribution in [-0.4, -0.2) is 42.1 Å². The number of nitrogens with zero attached hydrogens (tertiary/aromatic N) is 2. The van der Waals surface area contributed by atoms with Crippen molar-refractivity contribution in [2.45, 2.75) is 0 Å². The third-order valence-corrected chi connectivity index (χ3v) is 8.37. The molecule has 5 heterocycles. The van der Waals surface area contributed by atoms with E-state index in [0.717, 1.165) is 44.7 Å². The average Bonchev–Trinajstić information content (AvgIpc) is 3.92. The molecule has 8 rings (SSSR count). The minimum absolute atomic E-state index is 0. The number of hydrogen-bond acceptors (Lipinski definition) is 4. The molecule has 0 amide bonds. The van der Waals surface area contributed by atoms with Crippen molar-refractivity contribution in [3.05, 3.63) is 143 Å². The molecule has 0 spiro atoms. The van der Waals surface area contributed by atoms with Gasteiger partial charge in [-0.05, 0) is 89.5 Å². The Kier molecular flexibility index (Phi) is 8.14. The molecule has 0 radical (unpaired) electrons. The summed E-state index contributed by atoms with van der Waals surface area (Å²) in [6.07, 6.45) is 7.84. The van der Waals surface area contributed by atoms with Crippen LogP contribution in [-0.2, 0) is 17.1 Å². The zero-order valence-electron chi connectivity index (χ0n) is 25.7. The van der Waals surface area contributed by atoms with Crippen molar-refractivity contribution < 1.29 is 36.9 Å². The predicted octanol–water partition coefficient (Wildman–Crippen LogP) is 9.05. The minimum atomic E-state index is -1.22. The smallest absolute Gasteiger partial charge is 0.335 e. The first-order valence-corrected chi connectivity index (χ1v) is 15.3. The van der Waals surface area contributed by atoms with Gasteiger partial charge in [-0.1, -0.05) is 60.7 Å². The van der Waals surface area contributed by atoms with Crippen LogP contribution in [0.3, 0.4) is 0 Å². The van der Waals surface area contributed by atoms with Crippen molar-refractivity contribution in [2.24, 2.45) is 0 Å². The standard InChI is InChI=1S/C40H26N4O4.Fe/c45-39(46)26-17-25(18-27(19-26)40(47)48)32-22-31-21-30-12-15-34(42-30)36(23-7-3-1-4-8-23)33-14-11-28(41-33)20-29-13-16-35(43-29)37(38(32)44-31)24-9-5-2-6-10-24;/h1-22,41,44H,(H,45,46)(H,47,48);. The van der Waals surface area contributed by atoms with Crippen LogP contribution in [0.4, 0.5) is 0 Å². The van der Waals surface area contributed by atoms with Gasteiger partial charge in [-0.15, -0.1) is 0 Å². The molecule has 49 heavy (non-hydrogen) atoms. The summed E-state index contributed by atoms with van der Waals surface area (Å²) in [6, 6.07) is 33.9. The molecule has 8 bridgehead atoms. The molecule has 2 aliphatic heterocycles. The Morgan fingerprint density at radius 1 is 0.531 bits per heavy atom. The molecule has 6 aromatic rings. The van der Waals surface area contributed by atoms with E-state index in [4.69, 9.17) is 9.97 Å². The van der Waals surface area contributed by atoms with Crippen molar-refractivity contribution >= 4 is 58.3 Å². The van der Waals surface area contributed by atoms with E-state index in [1.54, 1.807) is 0 Å². The molecule has 0 saturated carbocycles. The van der Waals surface area contributed by atoms with Crippen molar-refractivity contribution in [1.82, 2.24) is 19.9 Å². The van der Waals surface area contributed by atoms with Crippen molar-refractivity contribution in [3.63, 3.8) is 0 Å². The number of benzene rings is 3. The summed E-state index contributed by atoms with van der Waals surface area (Å²) in [7, 11) is 0. The van der Waals surface area contributed by atoms with E-state index in [1.165, 1.54) is 18.2 Å². The molecule has 3 aromatic heterocycles. The first-order valence-electron chi connectivity index (χ1n) is 15.3. The zero-order valence-corrected chi connectivity index (χ0v) is 26.8. The summed E-state index contributed by atoms with van der Waals surface area (Å²) in [5, 5.41) is 19.8. The second-order valence-electron chi connectivity index (χ2n) is 11.5. The van der Waals surface area contributed by atoms with Crippen molar-refractivity contribution in [2.75, 3.05) is 0 Å². The van der Waals surface area contributed by atoms with Gasteiger partial charge in [-0.3, -0.25) is 0 Å². The normalized spacial score (nSPS) is 11.7. The van der Waals surface area contributed by atoms with Gasteiger partial charge in [0.25, 0.3) is 0 Å². The Labute approximate surface area is 290 Å². The molecule has 9 heteroatoms. The third kappa shape index (κ3) is 6.00. The van der Waals surface area contributed by atoms with Gasteiger partial charge in [0.2, 0.25) is 0 Å². The number of rotatable bonds is 5. The Morgan fingerprint density at radius 3 is 1.67 bits per heavy atom. The number of carboxylic acids is 2. The van der Waals surface area contributed by atoms with Crippen molar-refractivity contribution in [3.8, 4) is 33.4 Å². The summed E-state index contributed by atoms with van der Waals surface area (Å²) >= 11 is 0. The first kappa shape index (κ1) is 31.3. The summed E-state index contributed by atoms with van der Waals surface area (Å²) in [5.74, 6) is -2.43. The SMILES string of the molecule is O=C(O)c1cc(C(=O)O)cc(-c2cc3cc4nc(c(-c5ccccc5)c5ccc(cc6nc(c(-c7ccccc7)c2[nH]3)C=C6)[nH]5)C=C4)c1.[Fe]. The van der Waals surface area contributed by atoms with E-state index >= 15 is 0 Å². The van der Waals surface area contributed by atoms with Crippen LogP contribution in [0, 0.1) is 0 Å². The number of carbonyl (C=O) groups is 2. The van der Waals surface area contributed by atoms with Gasteiger partial charge >= 0.3 is 11.9 Å². The summed E-state index contributed by atoms with van der Waals surface area (Å²) in [4.78, 5) is 41.4. The van der Waals surface area contributed by atoms with E-state index < -0.39 is 11.9 Å². The fourth-order valence-corrected chi connectivity index (χ4v) is 6.24. The summed E-state index contributed by atoms with van der Waals surface area (Å²) in [5.41, 5.74) is 10.6. The Balaban J connectivity index is 0.00000378. The Morgan fingerprint density at radius 2 is 1.08 bits per heavy atom. The number of nitrogens with one attached hydrogen (secondary N) is 2. The molecule has 0 unspecified atom stereocenters. The molecule has 2 aliphatic rings. The van der Waals surface area contributed by atoms with Crippen LogP contribution in [0.25, 0.3) is 79.8 Å². The molecule has 0 aliphatic carbocycles. The largest absolute Gasteiger partial charge is 0.478 e. The second-order valence-corrected chi connectivity index (χ2v) is 11.5. The number of aromatic amines is 2. The number of H-pyrrole nitrogens is 2. The predicted molar refractivity (Wildman–Crippen MR) is 189 cm³/mol. The first-order chi connectivity index (χ1) is 23.4. The third-order valence-electron chi connectivity index (χ3n) is 8.37. The topological polar surface area (TPSA) is 132 Å². The van der Waals surface area contributed by atoms with Gasteiger partial charge < -0.3 is 20.2 Å². The van der Waals surface area contributed by atoms with Crippen molar-refractivity contribution in [1.29, 1.82) is 0 Å². The zero-order chi connectivity index (χ0) is 32.8. The second kappa shape index (κ2) is 12.7. The number of aromatic carboxylic acids is 2. The van der Waals surface area contributed by atoms with Crippen LogP contribution >= 0.6 is 0 Å². The quantitative estimate of drug-likeness (QED) is 0.134. The summed E-state index contributed by atoms with van der Waals surface area (Å²) < 4.78 is 0. The monoisotopic (exact) mass is 682 g/mol. The van der Waals surface area contributed by atoms with Crippen LogP contribution < -0.4 is 0 Å². The molecule has 8 nitrogen and oxygen atoms in total. The molecule has 4 N–H and O–H groups in total. The summed E-state index contributed by atoms with van der Waals surface area (Å²) in [6.45, 7) is 0. The molecule has 0 saturated heterocycles. The van der Waals surface area contributed by atoms with Gasteiger partial charge in [-0.2, -0.15) is 0 Å².